The Hall–Kier alpha value is -1.72. The Morgan fingerprint density at radius 3 is 2.75 bits per heavy atom. The fourth-order valence-corrected chi connectivity index (χ4v) is 2.93. The topological polar surface area (TPSA) is 52.6 Å². The van der Waals surface area contributed by atoms with Crippen molar-refractivity contribution in [2.75, 3.05) is 26.2 Å². The molecule has 132 valence electrons. The number of benzene rings is 1. The molecule has 0 bridgehead atoms. The van der Waals surface area contributed by atoms with Crippen LogP contribution < -0.4 is 5.32 Å². The predicted molar refractivity (Wildman–Crippen MR) is 93.9 cm³/mol. The minimum absolute atomic E-state index is 0.200. The molecule has 24 heavy (non-hydrogen) atoms. The highest BCUT2D eigenvalue weighted by Crippen LogP contribution is 2.17. The molecule has 4 nitrogen and oxygen atoms in total. The van der Waals surface area contributed by atoms with Crippen LogP contribution in [-0.4, -0.2) is 48.2 Å². The number of likely N-dealkylation sites (tertiary alicyclic amines) is 1. The maximum absolute atomic E-state index is 13.7. The molecule has 0 aromatic heterocycles. The number of carbonyl (C=O) groups excluding carboxylic acids is 1. The molecule has 0 radical (unpaired) electrons. The number of halogens is 1. The van der Waals surface area contributed by atoms with E-state index in [2.05, 4.69) is 17.1 Å². The van der Waals surface area contributed by atoms with E-state index in [0.29, 0.717) is 17.7 Å². The van der Waals surface area contributed by atoms with Crippen LogP contribution in [0.4, 0.5) is 4.39 Å². The molecule has 2 rings (SSSR count). The van der Waals surface area contributed by atoms with E-state index in [9.17, 15) is 14.3 Å². The van der Waals surface area contributed by atoms with Crippen LogP contribution in [0.3, 0.4) is 0 Å². The fraction of sp³-hybridized carbons (Fsp3) is 0.526. The van der Waals surface area contributed by atoms with Gasteiger partial charge in [-0.2, -0.15) is 0 Å². The average molecular weight is 334 g/mol. The number of carbonyl (C=O) groups is 1. The summed E-state index contributed by atoms with van der Waals surface area (Å²) in [7, 11) is 0. The van der Waals surface area contributed by atoms with Gasteiger partial charge in [-0.25, -0.2) is 4.39 Å². The van der Waals surface area contributed by atoms with Crippen molar-refractivity contribution in [3.05, 3.63) is 41.7 Å². The number of aliphatic hydroxyl groups is 1. The molecule has 1 atom stereocenters. The normalized spacial score (nSPS) is 18.4. The SMILES string of the molecule is C/C(=C/C(=O)NCC(O)CN1CCC(C)CC1)c1ccccc1F. The van der Waals surface area contributed by atoms with Crippen molar-refractivity contribution in [1.82, 2.24) is 10.2 Å². The minimum Gasteiger partial charge on any atom is -0.390 e. The first-order chi connectivity index (χ1) is 11.5. The highest BCUT2D eigenvalue weighted by atomic mass is 19.1. The van der Waals surface area contributed by atoms with Crippen molar-refractivity contribution in [2.24, 2.45) is 5.92 Å². The number of aliphatic hydroxyl groups excluding tert-OH is 1. The zero-order valence-corrected chi connectivity index (χ0v) is 14.5. The molecule has 0 spiro atoms. The summed E-state index contributed by atoms with van der Waals surface area (Å²) in [5.41, 5.74) is 0.973. The Bertz CT molecular complexity index is 580. The maximum Gasteiger partial charge on any atom is 0.244 e. The standard InChI is InChI=1S/C19H27FN2O2/c1-14-7-9-22(10-8-14)13-16(23)12-21-19(24)11-15(2)17-5-3-4-6-18(17)20/h3-6,11,14,16,23H,7-10,12-13H2,1-2H3,(H,21,24)/b15-11-. The molecule has 1 fully saturated rings. The van der Waals surface area contributed by atoms with Crippen LogP contribution in [0.5, 0.6) is 0 Å². The van der Waals surface area contributed by atoms with Crippen molar-refractivity contribution in [3.8, 4) is 0 Å². The molecule has 1 heterocycles. The first-order valence-corrected chi connectivity index (χ1v) is 8.57. The van der Waals surface area contributed by atoms with E-state index in [4.69, 9.17) is 0 Å². The van der Waals surface area contributed by atoms with Crippen molar-refractivity contribution in [3.63, 3.8) is 0 Å². The zero-order valence-electron chi connectivity index (χ0n) is 14.5. The highest BCUT2D eigenvalue weighted by molar-refractivity contribution is 5.94. The minimum atomic E-state index is -0.593. The molecule has 1 aliphatic heterocycles. The van der Waals surface area contributed by atoms with Crippen LogP contribution in [0.2, 0.25) is 0 Å². The summed E-state index contributed by atoms with van der Waals surface area (Å²) in [5, 5.41) is 12.8. The zero-order chi connectivity index (χ0) is 17.5. The van der Waals surface area contributed by atoms with Crippen molar-refractivity contribution >= 4 is 11.5 Å². The predicted octanol–water partition coefficient (Wildman–Crippen LogP) is 2.44. The lowest BCUT2D eigenvalue weighted by Crippen LogP contribution is -2.42. The van der Waals surface area contributed by atoms with E-state index in [1.54, 1.807) is 25.1 Å². The van der Waals surface area contributed by atoms with Gasteiger partial charge in [0.15, 0.2) is 0 Å². The lowest BCUT2D eigenvalue weighted by Gasteiger charge is -2.31. The molecule has 2 N–H and O–H groups in total. The number of hydrogen-bond acceptors (Lipinski definition) is 3. The van der Waals surface area contributed by atoms with Crippen LogP contribution in [0.1, 0.15) is 32.3 Å². The first kappa shape index (κ1) is 18.6. The Labute approximate surface area is 143 Å². The van der Waals surface area contributed by atoms with E-state index < -0.39 is 6.10 Å². The lowest BCUT2D eigenvalue weighted by molar-refractivity contribution is -0.117. The van der Waals surface area contributed by atoms with Crippen molar-refractivity contribution in [1.29, 1.82) is 0 Å². The van der Waals surface area contributed by atoms with Gasteiger partial charge in [0.25, 0.3) is 0 Å². The Balaban J connectivity index is 1.78. The second-order valence-electron chi connectivity index (χ2n) is 6.69. The molecule has 0 aliphatic carbocycles. The number of rotatable bonds is 6. The van der Waals surface area contributed by atoms with Crippen LogP contribution in [0.15, 0.2) is 30.3 Å². The third kappa shape index (κ3) is 5.73. The Morgan fingerprint density at radius 2 is 2.08 bits per heavy atom. The number of nitrogens with zero attached hydrogens (tertiary/aromatic N) is 1. The van der Waals surface area contributed by atoms with Gasteiger partial charge in [-0.05, 0) is 50.4 Å². The van der Waals surface area contributed by atoms with E-state index in [-0.39, 0.29) is 18.3 Å². The molecule has 1 aromatic carbocycles. The molecular formula is C19H27FN2O2. The van der Waals surface area contributed by atoms with E-state index >= 15 is 0 Å². The summed E-state index contributed by atoms with van der Waals surface area (Å²) in [6.45, 7) is 6.72. The van der Waals surface area contributed by atoms with Gasteiger partial charge in [0.05, 0.1) is 6.10 Å². The summed E-state index contributed by atoms with van der Waals surface area (Å²) < 4.78 is 13.7. The molecule has 1 saturated heterocycles. The average Bonchev–Trinajstić information content (AvgIpc) is 2.55. The monoisotopic (exact) mass is 334 g/mol. The summed E-state index contributed by atoms with van der Waals surface area (Å²) in [6, 6.07) is 6.36. The molecule has 5 heteroatoms. The quantitative estimate of drug-likeness (QED) is 0.786. The van der Waals surface area contributed by atoms with Crippen LogP contribution in [0, 0.1) is 11.7 Å². The molecule has 1 amide bonds. The molecular weight excluding hydrogens is 307 g/mol. The van der Waals surface area contributed by atoms with Crippen molar-refractivity contribution < 1.29 is 14.3 Å². The van der Waals surface area contributed by atoms with Gasteiger partial charge in [-0.3, -0.25) is 4.79 Å². The molecule has 1 aromatic rings. The number of nitrogens with one attached hydrogen (secondary N) is 1. The second kappa shape index (κ2) is 8.94. The van der Waals surface area contributed by atoms with Crippen LogP contribution in [-0.2, 0) is 4.79 Å². The van der Waals surface area contributed by atoms with Crippen LogP contribution in [0.25, 0.3) is 5.57 Å². The van der Waals surface area contributed by atoms with E-state index in [1.165, 1.54) is 12.1 Å². The summed E-state index contributed by atoms with van der Waals surface area (Å²) in [4.78, 5) is 14.2. The van der Waals surface area contributed by atoms with Gasteiger partial charge >= 0.3 is 0 Å². The molecule has 0 saturated carbocycles. The number of allylic oxidation sites excluding steroid dienone is 1. The maximum atomic E-state index is 13.7. The summed E-state index contributed by atoms with van der Waals surface area (Å²) in [6.07, 6.45) is 3.09. The van der Waals surface area contributed by atoms with Gasteiger partial charge in [-0.1, -0.05) is 25.1 Å². The number of hydrogen-bond donors (Lipinski definition) is 2. The number of piperidine rings is 1. The van der Waals surface area contributed by atoms with Gasteiger partial charge in [-0.15, -0.1) is 0 Å². The lowest BCUT2D eigenvalue weighted by atomic mass is 9.99. The number of amides is 1. The highest BCUT2D eigenvalue weighted by Gasteiger charge is 2.18. The van der Waals surface area contributed by atoms with Crippen LogP contribution >= 0.6 is 0 Å². The van der Waals surface area contributed by atoms with Gasteiger partial charge in [0.1, 0.15) is 5.82 Å². The fourth-order valence-electron chi connectivity index (χ4n) is 2.93. The molecule has 1 unspecified atom stereocenters. The Morgan fingerprint density at radius 1 is 1.42 bits per heavy atom. The van der Waals surface area contributed by atoms with Crippen molar-refractivity contribution in [2.45, 2.75) is 32.8 Å². The summed E-state index contributed by atoms with van der Waals surface area (Å²) >= 11 is 0. The van der Waals surface area contributed by atoms with Gasteiger partial charge in [0, 0.05) is 24.7 Å². The third-order valence-electron chi connectivity index (χ3n) is 4.50. The van der Waals surface area contributed by atoms with E-state index in [0.717, 1.165) is 31.8 Å². The Kier molecular flexibility index (Phi) is 6.94. The van der Waals surface area contributed by atoms with E-state index in [1.807, 2.05) is 0 Å². The van der Waals surface area contributed by atoms with Gasteiger partial charge in [0.2, 0.25) is 5.91 Å². The molecule has 1 aliphatic rings. The first-order valence-electron chi connectivity index (χ1n) is 8.57. The third-order valence-corrected chi connectivity index (χ3v) is 4.50. The summed E-state index contributed by atoms with van der Waals surface area (Å²) in [5.74, 6) is 0.0880. The largest absolute Gasteiger partial charge is 0.390 e. The number of β-amino-alcohol motifs (C(OH)–C–C–N with tert-alkyl or cyclic N) is 1. The smallest absolute Gasteiger partial charge is 0.244 e. The van der Waals surface area contributed by atoms with Gasteiger partial charge < -0.3 is 15.3 Å². The second-order valence-corrected chi connectivity index (χ2v) is 6.69.